The summed E-state index contributed by atoms with van der Waals surface area (Å²) in [6.45, 7) is 2.02. The summed E-state index contributed by atoms with van der Waals surface area (Å²) in [7, 11) is 0. The van der Waals surface area contributed by atoms with Crippen LogP contribution >= 0.6 is 11.6 Å². The summed E-state index contributed by atoms with van der Waals surface area (Å²) in [6.07, 6.45) is 1.72. The number of halogens is 1. The Morgan fingerprint density at radius 3 is 2.58 bits per heavy atom. The number of hydrogen-bond acceptors (Lipinski definition) is 2. The zero-order valence-corrected chi connectivity index (χ0v) is 13.7. The molecule has 0 aliphatic carbocycles. The van der Waals surface area contributed by atoms with Gasteiger partial charge in [0.25, 0.3) is 0 Å². The Morgan fingerprint density at radius 1 is 1.12 bits per heavy atom. The number of aromatic carboxylic acids is 1. The fraction of sp³-hybridized carbons (Fsp3) is 0.0526. The molecule has 0 aliphatic rings. The van der Waals surface area contributed by atoms with Crippen LogP contribution in [-0.2, 0) is 0 Å². The molecule has 5 heteroatoms. The number of aromatic nitrogens is 1. The maximum atomic E-state index is 11.2. The van der Waals surface area contributed by atoms with Crippen LogP contribution in [0.3, 0.4) is 0 Å². The van der Waals surface area contributed by atoms with Crippen molar-refractivity contribution >= 4 is 29.5 Å². The van der Waals surface area contributed by atoms with E-state index >= 15 is 0 Å². The van der Waals surface area contributed by atoms with Gasteiger partial charge < -0.3 is 9.67 Å². The molecule has 24 heavy (non-hydrogen) atoms. The molecule has 120 valence electrons. The number of aryl methyl sites for hydroxylation is 1. The van der Waals surface area contributed by atoms with Crippen LogP contribution in [0.1, 0.15) is 21.7 Å². The summed E-state index contributed by atoms with van der Waals surface area (Å²) in [5.74, 6) is -1.07. The van der Waals surface area contributed by atoms with E-state index in [-0.39, 0.29) is 10.6 Å². The Hall–Kier alpha value is -2.85. The molecule has 0 radical (unpaired) electrons. The van der Waals surface area contributed by atoms with E-state index < -0.39 is 5.97 Å². The van der Waals surface area contributed by atoms with Crippen LogP contribution in [0.4, 0.5) is 5.69 Å². The van der Waals surface area contributed by atoms with E-state index in [1.54, 1.807) is 18.3 Å². The number of hydrogen-bond donors (Lipinski definition) is 1. The van der Waals surface area contributed by atoms with Crippen LogP contribution in [0.15, 0.2) is 65.7 Å². The van der Waals surface area contributed by atoms with Gasteiger partial charge in [-0.25, -0.2) is 4.79 Å². The lowest BCUT2D eigenvalue weighted by Crippen LogP contribution is -2.01. The van der Waals surface area contributed by atoms with Gasteiger partial charge in [0.1, 0.15) is 0 Å². The van der Waals surface area contributed by atoms with Crippen molar-refractivity contribution in [3.05, 3.63) is 82.6 Å². The van der Waals surface area contributed by atoms with Crippen LogP contribution in [0.25, 0.3) is 5.69 Å². The van der Waals surface area contributed by atoms with Crippen molar-refractivity contribution in [2.24, 2.45) is 4.99 Å². The lowest BCUT2D eigenvalue weighted by atomic mass is 10.2. The van der Waals surface area contributed by atoms with Crippen LogP contribution in [0.5, 0.6) is 0 Å². The maximum Gasteiger partial charge on any atom is 0.337 e. The Labute approximate surface area is 144 Å². The molecule has 0 saturated heterocycles. The fourth-order valence-corrected chi connectivity index (χ4v) is 2.69. The highest BCUT2D eigenvalue weighted by Gasteiger charge is 2.09. The highest BCUT2D eigenvalue weighted by Crippen LogP contribution is 2.23. The van der Waals surface area contributed by atoms with E-state index in [1.165, 1.54) is 6.07 Å². The Balaban J connectivity index is 1.97. The molecule has 0 amide bonds. The molecule has 0 bridgehead atoms. The number of rotatable bonds is 4. The summed E-state index contributed by atoms with van der Waals surface area (Å²) in [5.41, 5.74) is 3.62. The first-order valence-corrected chi connectivity index (χ1v) is 7.75. The molecule has 0 aliphatic heterocycles. The number of aliphatic imine (C=N–C) groups is 1. The molecular weight excluding hydrogens is 324 g/mol. The van der Waals surface area contributed by atoms with E-state index in [4.69, 9.17) is 16.7 Å². The SMILES string of the molecule is Cc1ccc(C=Nc2ccc(Cl)c(C(=O)O)c2)n1-c1ccccc1. The van der Waals surface area contributed by atoms with Gasteiger partial charge in [0.2, 0.25) is 0 Å². The molecule has 1 heterocycles. The standard InChI is InChI=1S/C19H15ClN2O2/c1-13-7-9-16(22(13)15-5-3-2-4-6-15)12-21-14-8-10-18(20)17(11-14)19(23)24/h2-12H,1H3,(H,23,24). The quantitative estimate of drug-likeness (QED) is 0.689. The van der Waals surface area contributed by atoms with E-state index in [9.17, 15) is 4.79 Å². The lowest BCUT2D eigenvalue weighted by molar-refractivity contribution is 0.0697. The summed E-state index contributed by atoms with van der Waals surface area (Å²) < 4.78 is 2.08. The first-order valence-electron chi connectivity index (χ1n) is 7.37. The normalized spacial score (nSPS) is 11.1. The predicted octanol–water partition coefficient (Wildman–Crippen LogP) is 4.89. The Bertz CT molecular complexity index is 914. The molecule has 0 fully saturated rings. The van der Waals surface area contributed by atoms with Crippen molar-refractivity contribution in [2.45, 2.75) is 6.92 Å². The second-order valence-corrected chi connectivity index (χ2v) is 5.71. The predicted molar refractivity (Wildman–Crippen MR) is 96.2 cm³/mol. The van der Waals surface area contributed by atoms with Gasteiger partial charge in [0, 0.05) is 11.4 Å². The molecule has 0 saturated carbocycles. The van der Waals surface area contributed by atoms with Gasteiger partial charge in [0.05, 0.1) is 28.2 Å². The maximum absolute atomic E-state index is 11.2. The van der Waals surface area contributed by atoms with Crippen LogP contribution in [0.2, 0.25) is 5.02 Å². The van der Waals surface area contributed by atoms with Gasteiger partial charge in [-0.2, -0.15) is 0 Å². The van der Waals surface area contributed by atoms with E-state index in [0.717, 1.165) is 17.1 Å². The Kier molecular flexibility index (Phi) is 4.49. The van der Waals surface area contributed by atoms with Gasteiger partial charge in [-0.3, -0.25) is 4.99 Å². The molecule has 3 rings (SSSR count). The molecule has 1 aromatic heterocycles. The molecular formula is C19H15ClN2O2. The summed E-state index contributed by atoms with van der Waals surface area (Å²) in [6, 6.07) is 18.7. The number of carboxylic acids is 1. The smallest absolute Gasteiger partial charge is 0.337 e. The molecule has 3 aromatic rings. The summed E-state index contributed by atoms with van der Waals surface area (Å²) >= 11 is 5.88. The molecule has 0 atom stereocenters. The van der Waals surface area contributed by atoms with Crippen LogP contribution < -0.4 is 0 Å². The average molecular weight is 339 g/mol. The third-order valence-corrected chi connectivity index (χ3v) is 3.98. The number of nitrogens with zero attached hydrogens (tertiary/aromatic N) is 2. The minimum absolute atomic E-state index is 0.0425. The molecule has 1 N–H and O–H groups in total. The van der Waals surface area contributed by atoms with Crippen molar-refractivity contribution in [3.63, 3.8) is 0 Å². The van der Waals surface area contributed by atoms with Crippen LogP contribution in [-0.4, -0.2) is 21.9 Å². The third kappa shape index (κ3) is 3.24. The first kappa shape index (κ1) is 16.0. The van der Waals surface area contributed by atoms with E-state index in [2.05, 4.69) is 9.56 Å². The van der Waals surface area contributed by atoms with Crippen molar-refractivity contribution in [1.29, 1.82) is 0 Å². The van der Waals surface area contributed by atoms with Gasteiger partial charge >= 0.3 is 5.97 Å². The second kappa shape index (κ2) is 6.72. The number of para-hydroxylation sites is 1. The molecule has 0 unspecified atom stereocenters. The van der Waals surface area contributed by atoms with Gasteiger partial charge in [0.15, 0.2) is 0 Å². The second-order valence-electron chi connectivity index (χ2n) is 5.30. The largest absolute Gasteiger partial charge is 0.478 e. The van der Waals surface area contributed by atoms with Gasteiger partial charge in [-0.05, 0) is 49.4 Å². The molecule has 0 spiro atoms. The Morgan fingerprint density at radius 2 is 1.88 bits per heavy atom. The van der Waals surface area contributed by atoms with E-state index in [1.807, 2.05) is 49.4 Å². The third-order valence-electron chi connectivity index (χ3n) is 3.65. The summed E-state index contributed by atoms with van der Waals surface area (Å²) in [4.78, 5) is 15.5. The monoisotopic (exact) mass is 338 g/mol. The van der Waals surface area contributed by atoms with Crippen molar-refractivity contribution in [1.82, 2.24) is 4.57 Å². The topological polar surface area (TPSA) is 54.6 Å². The van der Waals surface area contributed by atoms with Crippen molar-refractivity contribution in [2.75, 3.05) is 0 Å². The minimum atomic E-state index is -1.07. The summed E-state index contributed by atoms with van der Waals surface area (Å²) in [5, 5.41) is 9.33. The number of benzene rings is 2. The highest BCUT2D eigenvalue weighted by atomic mass is 35.5. The number of carbonyl (C=O) groups is 1. The lowest BCUT2D eigenvalue weighted by Gasteiger charge is -2.09. The fourth-order valence-electron chi connectivity index (χ4n) is 2.49. The highest BCUT2D eigenvalue weighted by molar-refractivity contribution is 6.33. The van der Waals surface area contributed by atoms with E-state index in [0.29, 0.717) is 5.69 Å². The zero-order chi connectivity index (χ0) is 17.1. The molecule has 4 nitrogen and oxygen atoms in total. The van der Waals surface area contributed by atoms with Gasteiger partial charge in [-0.15, -0.1) is 0 Å². The molecule has 2 aromatic carbocycles. The minimum Gasteiger partial charge on any atom is -0.478 e. The average Bonchev–Trinajstić information content (AvgIpc) is 2.95. The van der Waals surface area contributed by atoms with Gasteiger partial charge in [-0.1, -0.05) is 29.8 Å². The van der Waals surface area contributed by atoms with Crippen molar-refractivity contribution < 1.29 is 9.90 Å². The number of carboxylic acid groups (broad SMARTS) is 1. The first-order chi connectivity index (χ1) is 11.6. The van der Waals surface area contributed by atoms with Crippen LogP contribution in [0, 0.1) is 6.92 Å². The van der Waals surface area contributed by atoms with Crippen molar-refractivity contribution in [3.8, 4) is 5.69 Å². The zero-order valence-electron chi connectivity index (χ0n) is 13.0.